The van der Waals surface area contributed by atoms with Gasteiger partial charge in [0.15, 0.2) is 0 Å². The van der Waals surface area contributed by atoms with Gasteiger partial charge in [0.1, 0.15) is 12.3 Å². The Kier molecular flexibility index (Phi) is 7.11. The highest BCUT2D eigenvalue weighted by atomic mass is 32.2. The van der Waals surface area contributed by atoms with Crippen molar-refractivity contribution in [3.8, 4) is 5.75 Å². The number of benzene rings is 3. The number of hydrogen-bond acceptors (Lipinski definition) is 6. The fourth-order valence-corrected chi connectivity index (χ4v) is 4.34. The minimum atomic E-state index is -4.03. The first-order valence-corrected chi connectivity index (χ1v) is 11.0. The number of methoxy groups -OCH3 is 2. The summed E-state index contributed by atoms with van der Waals surface area (Å²) < 4.78 is 37.4. The molecule has 1 amide bonds. The van der Waals surface area contributed by atoms with E-state index >= 15 is 0 Å². The van der Waals surface area contributed by atoms with Crippen LogP contribution in [0.25, 0.3) is 0 Å². The fourth-order valence-electron chi connectivity index (χ4n) is 2.92. The minimum absolute atomic E-state index is 0.0254. The lowest BCUT2D eigenvalue weighted by atomic mass is 10.2. The normalized spacial score (nSPS) is 10.8. The van der Waals surface area contributed by atoms with E-state index in [2.05, 4.69) is 10.1 Å². The quantitative estimate of drug-likeness (QED) is 0.524. The second kappa shape index (κ2) is 9.97. The van der Waals surface area contributed by atoms with Crippen LogP contribution in [0.2, 0.25) is 0 Å². The zero-order chi connectivity index (χ0) is 23.1. The maximum Gasteiger partial charge on any atom is 0.337 e. The highest BCUT2D eigenvalue weighted by Crippen LogP contribution is 2.25. The molecule has 0 bridgehead atoms. The number of sulfonamides is 1. The first-order valence-electron chi connectivity index (χ1n) is 9.55. The summed E-state index contributed by atoms with van der Waals surface area (Å²) in [4.78, 5) is 24.3. The summed E-state index contributed by atoms with van der Waals surface area (Å²) >= 11 is 0. The number of ether oxygens (including phenoxy) is 2. The molecule has 0 aliphatic carbocycles. The Morgan fingerprint density at radius 2 is 1.50 bits per heavy atom. The molecule has 0 spiro atoms. The van der Waals surface area contributed by atoms with Crippen LogP contribution in [-0.2, 0) is 19.6 Å². The summed E-state index contributed by atoms with van der Waals surface area (Å²) in [5, 5.41) is 2.65. The fraction of sp³-hybridized carbons (Fsp3) is 0.130. The molecule has 0 saturated heterocycles. The number of nitrogens with zero attached hydrogens (tertiary/aromatic N) is 1. The van der Waals surface area contributed by atoms with Gasteiger partial charge in [0, 0.05) is 5.69 Å². The van der Waals surface area contributed by atoms with E-state index in [4.69, 9.17) is 4.74 Å². The van der Waals surface area contributed by atoms with Gasteiger partial charge in [-0.2, -0.15) is 0 Å². The summed E-state index contributed by atoms with van der Waals surface area (Å²) in [6.07, 6.45) is 0. The summed E-state index contributed by atoms with van der Waals surface area (Å²) in [6, 6.07) is 20.4. The zero-order valence-electron chi connectivity index (χ0n) is 17.5. The number of amides is 1. The molecule has 0 aliphatic rings. The number of nitrogens with one attached hydrogen (secondary N) is 1. The van der Waals surface area contributed by atoms with Crippen LogP contribution in [0.15, 0.2) is 83.8 Å². The Bertz CT molecular complexity index is 1180. The third kappa shape index (κ3) is 5.25. The van der Waals surface area contributed by atoms with Crippen LogP contribution < -0.4 is 14.4 Å². The van der Waals surface area contributed by atoms with E-state index in [0.717, 1.165) is 4.31 Å². The van der Waals surface area contributed by atoms with Gasteiger partial charge in [-0.25, -0.2) is 13.2 Å². The molecule has 3 aromatic carbocycles. The van der Waals surface area contributed by atoms with E-state index in [1.165, 1.54) is 50.6 Å². The van der Waals surface area contributed by atoms with E-state index in [1.54, 1.807) is 42.5 Å². The third-order valence-corrected chi connectivity index (χ3v) is 6.36. The van der Waals surface area contributed by atoms with Gasteiger partial charge >= 0.3 is 5.97 Å². The molecule has 3 rings (SSSR count). The lowest BCUT2D eigenvalue weighted by molar-refractivity contribution is -0.114. The molecule has 0 fully saturated rings. The molecule has 0 aromatic heterocycles. The van der Waals surface area contributed by atoms with Gasteiger partial charge in [0.2, 0.25) is 5.91 Å². The Balaban J connectivity index is 1.85. The Labute approximate surface area is 186 Å². The van der Waals surface area contributed by atoms with Crippen molar-refractivity contribution in [1.29, 1.82) is 0 Å². The first-order chi connectivity index (χ1) is 15.3. The van der Waals surface area contributed by atoms with E-state index in [-0.39, 0.29) is 4.90 Å². The average Bonchev–Trinajstić information content (AvgIpc) is 2.83. The van der Waals surface area contributed by atoms with Crippen LogP contribution in [-0.4, -0.2) is 41.1 Å². The van der Waals surface area contributed by atoms with Crippen molar-refractivity contribution in [3.63, 3.8) is 0 Å². The number of carbonyl (C=O) groups is 2. The van der Waals surface area contributed by atoms with Crippen molar-refractivity contribution in [1.82, 2.24) is 0 Å². The topological polar surface area (TPSA) is 102 Å². The Hall–Kier alpha value is -3.85. The molecule has 9 heteroatoms. The van der Waals surface area contributed by atoms with Crippen molar-refractivity contribution in [2.24, 2.45) is 0 Å². The number of esters is 1. The molecule has 1 N–H and O–H groups in total. The number of rotatable bonds is 8. The molecule has 32 heavy (non-hydrogen) atoms. The molecule has 166 valence electrons. The SMILES string of the molecule is COC(=O)c1ccc(NC(=O)CN(c2ccccc2)S(=O)(=O)c2ccc(OC)cc2)cc1. The van der Waals surface area contributed by atoms with Crippen LogP contribution >= 0.6 is 0 Å². The largest absolute Gasteiger partial charge is 0.497 e. The maximum atomic E-state index is 13.3. The van der Waals surface area contributed by atoms with Crippen LogP contribution in [0.4, 0.5) is 11.4 Å². The van der Waals surface area contributed by atoms with Gasteiger partial charge in [-0.3, -0.25) is 9.10 Å². The lowest BCUT2D eigenvalue weighted by Crippen LogP contribution is -2.38. The molecule has 8 nitrogen and oxygen atoms in total. The Morgan fingerprint density at radius 1 is 0.875 bits per heavy atom. The van der Waals surface area contributed by atoms with E-state index in [1.807, 2.05) is 0 Å². The van der Waals surface area contributed by atoms with E-state index < -0.39 is 28.4 Å². The van der Waals surface area contributed by atoms with E-state index in [9.17, 15) is 18.0 Å². The second-order valence-electron chi connectivity index (χ2n) is 6.64. The molecule has 0 heterocycles. The van der Waals surface area contributed by atoms with Crippen LogP contribution in [0.3, 0.4) is 0 Å². The first kappa shape index (κ1) is 22.8. The highest BCUT2D eigenvalue weighted by molar-refractivity contribution is 7.92. The molecular formula is C23H22N2O6S. The molecule has 0 aliphatic heterocycles. The van der Waals surface area contributed by atoms with Gasteiger partial charge in [-0.15, -0.1) is 0 Å². The number of hydrogen-bond donors (Lipinski definition) is 1. The zero-order valence-corrected chi connectivity index (χ0v) is 18.3. The number of para-hydroxylation sites is 1. The van der Waals surface area contributed by atoms with Crippen molar-refractivity contribution in [2.45, 2.75) is 4.90 Å². The summed E-state index contributed by atoms with van der Waals surface area (Å²) in [5.41, 5.74) is 1.09. The van der Waals surface area contributed by atoms with Crippen molar-refractivity contribution >= 4 is 33.3 Å². The van der Waals surface area contributed by atoms with Gasteiger partial charge in [-0.1, -0.05) is 18.2 Å². The Morgan fingerprint density at radius 3 is 2.06 bits per heavy atom. The number of carbonyl (C=O) groups excluding carboxylic acids is 2. The highest BCUT2D eigenvalue weighted by Gasteiger charge is 2.27. The molecule has 0 unspecified atom stereocenters. The predicted molar refractivity (Wildman–Crippen MR) is 120 cm³/mol. The van der Waals surface area contributed by atoms with Gasteiger partial charge in [-0.05, 0) is 60.7 Å². The molecular weight excluding hydrogens is 432 g/mol. The van der Waals surface area contributed by atoms with Crippen LogP contribution in [0.5, 0.6) is 5.75 Å². The molecule has 0 radical (unpaired) electrons. The van der Waals surface area contributed by atoms with E-state index in [0.29, 0.717) is 22.7 Å². The van der Waals surface area contributed by atoms with Crippen LogP contribution in [0, 0.1) is 0 Å². The standard InChI is InChI=1S/C23H22N2O6S/c1-30-20-12-14-21(15-13-20)32(28,29)25(19-6-4-3-5-7-19)16-22(26)24-18-10-8-17(9-11-18)23(27)31-2/h3-15H,16H2,1-2H3,(H,24,26). The van der Waals surface area contributed by atoms with Gasteiger partial charge in [0.05, 0.1) is 30.4 Å². The van der Waals surface area contributed by atoms with Crippen molar-refractivity contribution in [3.05, 3.63) is 84.4 Å². The summed E-state index contributed by atoms with van der Waals surface area (Å²) in [7, 11) is -1.27. The van der Waals surface area contributed by atoms with Crippen LogP contribution in [0.1, 0.15) is 10.4 Å². The lowest BCUT2D eigenvalue weighted by Gasteiger charge is -2.24. The predicted octanol–water partition coefficient (Wildman–Crippen LogP) is 3.32. The smallest absolute Gasteiger partial charge is 0.337 e. The molecule has 0 saturated carbocycles. The summed E-state index contributed by atoms with van der Waals surface area (Å²) in [6.45, 7) is -0.447. The molecule has 3 aromatic rings. The maximum absolute atomic E-state index is 13.3. The number of anilines is 2. The summed E-state index contributed by atoms with van der Waals surface area (Å²) in [5.74, 6) is -0.524. The average molecular weight is 455 g/mol. The molecule has 0 atom stereocenters. The van der Waals surface area contributed by atoms with Crippen molar-refractivity contribution < 1.29 is 27.5 Å². The second-order valence-corrected chi connectivity index (χ2v) is 8.50. The van der Waals surface area contributed by atoms with Crippen molar-refractivity contribution in [2.75, 3.05) is 30.4 Å². The third-order valence-electron chi connectivity index (χ3n) is 4.57. The minimum Gasteiger partial charge on any atom is -0.497 e. The van der Waals surface area contributed by atoms with Gasteiger partial charge < -0.3 is 14.8 Å². The monoisotopic (exact) mass is 454 g/mol. The van der Waals surface area contributed by atoms with Gasteiger partial charge in [0.25, 0.3) is 10.0 Å².